The first-order valence-corrected chi connectivity index (χ1v) is 5.58. The van der Waals surface area contributed by atoms with Crippen molar-refractivity contribution in [3.05, 3.63) is 52.5 Å². The molecule has 0 heterocycles. The maximum Gasteiger partial charge on any atom is 0.146 e. The van der Waals surface area contributed by atoms with Crippen LogP contribution in [0.4, 0.5) is 11.4 Å². The van der Waals surface area contributed by atoms with E-state index < -0.39 is 0 Å². The quantitative estimate of drug-likeness (QED) is 0.754. The van der Waals surface area contributed by atoms with Crippen LogP contribution in [0.2, 0.25) is 10.0 Å². The normalized spacial score (nSPS) is 10.9. The highest BCUT2D eigenvalue weighted by molar-refractivity contribution is 6.33. The molecule has 2 aromatic rings. The molecule has 0 saturated carbocycles. The molecule has 0 aliphatic heterocycles. The Morgan fingerprint density at radius 2 is 1.53 bits per heavy atom. The zero-order valence-corrected chi connectivity index (χ0v) is 10.2. The van der Waals surface area contributed by atoms with Crippen molar-refractivity contribution in [3.8, 4) is 5.75 Å². The highest BCUT2D eigenvalue weighted by Crippen LogP contribution is 2.35. The molecule has 0 bridgehead atoms. The van der Waals surface area contributed by atoms with Gasteiger partial charge in [0.15, 0.2) is 0 Å². The third-order valence-corrected chi connectivity index (χ3v) is 2.70. The van der Waals surface area contributed by atoms with Crippen molar-refractivity contribution in [2.45, 2.75) is 0 Å². The number of benzene rings is 2. The molecule has 0 aromatic heterocycles. The zero-order valence-electron chi connectivity index (χ0n) is 8.64. The standard InChI is InChI=1S/C12H8Cl2N2O/c13-8-4-1-2-6-10(8)15-16-12-9(14)5-3-7-11(12)17/h1-7,17H. The van der Waals surface area contributed by atoms with Gasteiger partial charge in [-0.2, -0.15) is 0 Å². The molecule has 2 rings (SSSR count). The number of phenolic OH excluding ortho intramolecular Hbond substituents is 1. The van der Waals surface area contributed by atoms with Crippen molar-refractivity contribution in [1.29, 1.82) is 0 Å². The average molecular weight is 267 g/mol. The molecule has 1 N–H and O–H groups in total. The average Bonchev–Trinajstić information content (AvgIpc) is 2.30. The van der Waals surface area contributed by atoms with E-state index in [1.54, 1.807) is 36.4 Å². The fourth-order valence-corrected chi connectivity index (χ4v) is 1.62. The third-order valence-electron chi connectivity index (χ3n) is 2.08. The number of halogens is 2. The van der Waals surface area contributed by atoms with Gasteiger partial charge in [-0.25, -0.2) is 0 Å². The maximum absolute atomic E-state index is 9.57. The number of nitrogens with zero attached hydrogens (tertiary/aromatic N) is 2. The lowest BCUT2D eigenvalue weighted by Gasteiger charge is -2.00. The van der Waals surface area contributed by atoms with Gasteiger partial charge in [-0.3, -0.25) is 0 Å². The summed E-state index contributed by atoms with van der Waals surface area (Å²) in [7, 11) is 0. The van der Waals surface area contributed by atoms with Crippen molar-refractivity contribution in [2.75, 3.05) is 0 Å². The topological polar surface area (TPSA) is 45.0 Å². The van der Waals surface area contributed by atoms with E-state index in [2.05, 4.69) is 10.2 Å². The number of aromatic hydroxyl groups is 1. The van der Waals surface area contributed by atoms with Crippen LogP contribution in [0.3, 0.4) is 0 Å². The zero-order chi connectivity index (χ0) is 12.3. The molecule has 5 heteroatoms. The molecule has 0 atom stereocenters. The van der Waals surface area contributed by atoms with Crippen LogP contribution in [-0.2, 0) is 0 Å². The van der Waals surface area contributed by atoms with Gasteiger partial charge >= 0.3 is 0 Å². The number of rotatable bonds is 2. The Morgan fingerprint density at radius 1 is 0.824 bits per heavy atom. The lowest BCUT2D eigenvalue weighted by atomic mass is 10.3. The molecule has 0 saturated heterocycles. The number of hydrogen-bond donors (Lipinski definition) is 1. The summed E-state index contributed by atoms with van der Waals surface area (Å²) in [6.07, 6.45) is 0. The van der Waals surface area contributed by atoms with E-state index in [0.29, 0.717) is 15.7 Å². The van der Waals surface area contributed by atoms with Gasteiger partial charge < -0.3 is 5.11 Å². The van der Waals surface area contributed by atoms with Crippen LogP contribution in [0.15, 0.2) is 52.7 Å². The minimum atomic E-state index is -0.0201. The Balaban J connectivity index is 2.36. The van der Waals surface area contributed by atoms with Gasteiger partial charge in [0.1, 0.15) is 17.1 Å². The van der Waals surface area contributed by atoms with Crippen molar-refractivity contribution >= 4 is 34.6 Å². The molecular formula is C12H8Cl2N2O. The Bertz CT molecular complexity index is 550. The summed E-state index contributed by atoms with van der Waals surface area (Å²) in [5.74, 6) is -0.0201. The molecule has 86 valence electrons. The van der Waals surface area contributed by atoms with E-state index in [0.717, 1.165) is 0 Å². The minimum Gasteiger partial charge on any atom is -0.506 e. The number of hydrogen-bond acceptors (Lipinski definition) is 3. The van der Waals surface area contributed by atoms with Gasteiger partial charge in [-0.05, 0) is 24.3 Å². The van der Waals surface area contributed by atoms with Crippen molar-refractivity contribution in [1.82, 2.24) is 0 Å². The first-order chi connectivity index (χ1) is 8.18. The van der Waals surface area contributed by atoms with Crippen LogP contribution in [0.25, 0.3) is 0 Å². The van der Waals surface area contributed by atoms with Crippen LogP contribution in [0.5, 0.6) is 5.75 Å². The molecular weight excluding hydrogens is 259 g/mol. The van der Waals surface area contributed by atoms with E-state index >= 15 is 0 Å². The predicted molar refractivity (Wildman–Crippen MR) is 68.7 cm³/mol. The van der Waals surface area contributed by atoms with Crippen molar-refractivity contribution in [3.63, 3.8) is 0 Å². The second kappa shape index (κ2) is 5.17. The Morgan fingerprint density at radius 3 is 2.24 bits per heavy atom. The molecule has 0 spiro atoms. The molecule has 17 heavy (non-hydrogen) atoms. The monoisotopic (exact) mass is 266 g/mol. The summed E-state index contributed by atoms with van der Waals surface area (Å²) in [6.45, 7) is 0. The van der Waals surface area contributed by atoms with Gasteiger partial charge in [0.05, 0.1) is 10.0 Å². The molecule has 2 aromatic carbocycles. The molecule has 0 aliphatic carbocycles. The van der Waals surface area contributed by atoms with Crippen LogP contribution in [0.1, 0.15) is 0 Å². The second-order valence-corrected chi connectivity index (χ2v) is 4.07. The summed E-state index contributed by atoms with van der Waals surface area (Å²) < 4.78 is 0. The van der Waals surface area contributed by atoms with Gasteiger partial charge in [0, 0.05) is 0 Å². The number of azo groups is 1. The van der Waals surface area contributed by atoms with E-state index in [4.69, 9.17) is 23.2 Å². The number of phenols is 1. The molecule has 0 radical (unpaired) electrons. The van der Waals surface area contributed by atoms with Crippen LogP contribution >= 0.6 is 23.2 Å². The largest absolute Gasteiger partial charge is 0.506 e. The summed E-state index contributed by atoms with van der Waals surface area (Å²) in [5.41, 5.74) is 0.752. The van der Waals surface area contributed by atoms with Crippen LogP contribution < -0.4 is 0 Å². The summed E-state index contributed by atoms with van der Waals surface area (Å²) >= 11 is 11.8. The highest BCUT2D eigenvalue weighted by atomic mass is 35.5. The van der Waals surface area contributed by atoms with Crippen LogP contribution in [0, 0.1) is 0 Å². The molecule has 3 nitrogen and oxygen atoms in total. The summed E-state index contributed by atoms with van der Waals surface area (Å²) in [5, 5.41) is 18.2. The SMILES string of the molecule is Oc1cccc(Cl)c1N=Nc1ccccc1Cl. The predicted octanol–water partition coefficient (Wildman–Crippen LogP) is 5.11. The Labute approximate surface area is 108 Å². The summed E-state index contributed by atoms with van der Waals surface area (Å²) in [4.78, 5) is 0. The fourth-order valence-electron chi connectivity index (χ4n) is 1.24. The summed E-state index contributed by atoms with van der Waals surface area (Å²) in [6, 6.07) is 11.8. The Hall–Kier alpha value is -1.58. The smallest absolute Gasteiger partial charge is 0.146 e. The fraction of sp³-hybridized carbons (Fsp3) is 0. The molecule has 0 aliphatic rings. The first-order valence-electron chi connectivity index (χ1n) is 4.82. The van der Waals surface area contributed by atoms with Crippen LogP contribution in [-0.4, -0.2) is 5.11 Å². The van der Waals surface area contributed by atoms with E-state index in [9.17, 15) is 5.11 Å². The molecule has 0 unspecified atom stereocenters. The van der Waals surface area contributed by atoms with E-state index in [-0.39, 0.29) is 11.4 Å². The van der Waals surface area contributed by atoms with Gasteiger partial charge in [0.25, 0.3) is 0 Å². The Kier molecular flexibility index (Phi) is 3.61. The molecule has 0 amide bonds. The van der Waals surface area contributed by atoms with E-state index in [1.807, 2.05) is 0 Å². The van der Waals surface area contributed by atoms with E-state index in [1.165, 1.54) is 6.07 Å². The minimum absolute atomic E-state index is 0.0201. The van der Waals surface area contributed by atoms with Gasteiger partial charge in [-0.15, -0.1) is 10.2 Å². The lowest BCUT2D eigenvalue weighted by Crippen LogP contribution is -1.70. The van der Waals surface area contributed by atoms with Gasteiger partial charge in [0.2, 0.25) is 0 Å². The third kappa shape index (κ3) is 2.75. The highest BCUT2D eigenvalue weighted by Gasteiger charge is 2.04. The second-order valence-electron chi connectivity index (χ2n) is 3.26. The maximum atomic E-state index is 9.57. The van der Waals surface area contributed by atoms with Crippen molar-refractivity contribution < 1.29 is 5.11 Å². The van der Waals surface area contributed by atoms with Crippen molar-refractivity contribution in [2.24, 2.45) is 10.2 Å². The van der Waals surface area contributed by atoms with Gasteiger partial charge in [-0.1, -0.05) is 41.4 Å². The lowest BCUT2D eigenvalue weighted by molar-refractivity contribution is 0.476. The molecule has 0 fully saturated rings. The first kappa shape index (κ1) is 11.9.